The minimum absolute atomic E-state index is 0.0465. The summed E-state index contributed by atoms with van der Waals surface area (Å²) in [4.78, 5) is 2.88. The van der Waals surface area contributed by atoms with Crippen LogP contribution in [0.3, 0.4) is 0 Å². The van der Waals surface area contributed by atoms with Gasteiger partial charge in [-0.15, -0.1) is 0 Å². The molecule has 15 heavy (non-hydrogen) atoms. The highest BCUT2D eigenvalue weighted by Gasteiger charge is 2.34. The second kappa shape index (κ2) is 4.48. The van der Waals surface area contributed by atoms with Crippen molar-refractivity contribution in [2.24, 2.45) is 0 Å². The summed E-state index contributed by atoms with van der Waals surface area (Å²) in [5.41, 5.74) is -2.21. The average molecular weight is 402 g/mol. The highest BCUT2D eigenvalue weighted by molar-refractivity contribution is 14.1. The Labute approximate surface area is 103 Å². The lowest BCUT2D eigenvalue weighted by Crippen LogP contribution is -2.11. The molecular formula is C7H2BrF5IN. The van der Waals surface area contributed by atoms with Crippen molar-refractivity contribution in [3.8, 4) is 0 Å². The second-order valence-corrected chi connectivity index (χ2v) is 4.44. The standard InChI is InChI=1S/C7H2BrF5IN/c8-4-2(14)1-3(7(11,12)13)15-5(4)6(9)10/h1,6H. The molecule has 8 heteroatoms. The fourth-order valence-corrected chi connectivity index (χ4v) is 1.75. The Hall–Kier alpha value is 0.01000. The number of hydrogen-bond acceptors (Lipinski definition) is 1. The van der Waals surface area contributed by atoms with Gasteiger partial charge >= 0.3 is 6.18 Å². The molecule has 1 aromatic heterocycles. The van der Waals surface area contributed by atoms with Crippen LogP contribution in [0.15, 0.2) is 10.5 Å². The monoisotopic (exact) mass is 401 g/mol. The van der Waals surface area contributed by atoms with Crippen LogP contribution in [0.25, 0.3) is 0 Å². The third-order valence-electron chi connectivity index (χ3n) is 1.44. The Morgan fingerprint density at radius 1 is 1.33 bits per heavy atom. The van der Waals surface area contributed by atoms with Crippen LogP contribution in [0.2, 0.25) is 0 Å². The SMILES string of the molecule is FC(F)c1nc(C(F)(F)F)cc(I)c1Br. The number of pyridine rings is 1. The van der Waals surface area contributed by atoms with E-state index in [0.29, 0.717) is 6.07 Å². The van der Waals surface area contributed by atoms with Crippen LogP contribution in [0.5, 0.6) is 0 Å². The van der Waals surface area contributed by atoms with Crippen LogP contribution in [0, 0.1) is 3.57 Å². The van der Waals surface area contributed by atoms with Crippen LogP contribution < -0.4 is 0 Å². The molecule has 1 nitrogen and oxygen atoms in total. The molecule has 0 radical (unpaired) electrons. The summed E-state index contributed by atoms with van der Waals surface area (Å²) in [5.74, 6) is 0. The minimum Gasteiger partial charge on any atom is -0.241 e. The first-order valence-corrected chi connectivity index (χ1v) is 5.32. The van der Waals surface area contributed by atoms with E-state index in [1.165, 1.54) is 22.6 Å². The maximum atomic E-state index is 12.3. The first-order chi connectivity index (χ1) is 6.73. The summed E-state index contributed by atoms with van der Waals surface area (Å²) in [5, 5.41) is 0. The van der Waals surface area contributed by atoms with E-state index in [2.05, 4.69) is 20.9 Å². The third-order valence-corrected chi connectivity index (χ3v) is 3.86. The molecule has 0 saturated carbocycles. The lowest BCUT2D eigenvalue weighted by atomic mass is 10.3. The molecule has 0 atom stereocenters. The van der Waals surface area contributed by atoms with Crippen molar-refractivity contribution in [1.29, 1.82) is 0 Å². The number of halogens is 7. The molecule has 1 rings (SSSR count). The molecule has 0 fully saturated rings. The predicted octanol–water partition coefficient (Wildman–Crippen LogP) is 4.41. The molecule has 0 amide bonds. The van der Waals surface area contributed by atoms with Crippen LogP contribution >= 0.6 is 38.5 Å². The first-order valence-electron chi connectivity index (χ1n) is 3.44. The zero-order valence-electron chi connectivity index (χ0n) is 6.75. The lowest BCUT2D eigenvalue weighted by Gasteiger charge is -2.10. The van der Waals surface area contributed by atoms with Gasteiger partial charge in [-0.05, 0) is 44.6 Å². The number of hydrogen-bond donors (Lipinski definition) is 0. The Morgan fingerprint density at radius 2 is 1.87 bits per heavy atom. The van der Waals surface area contributed by atoms with Crippen molar-refractivity contribution < 1.29 is 22.0 Å². The fourth-order valence-electron chi connectivity index (χ4n) is 0.807. The average Bonchev–Trinajstić information content (AvgIpc) is 2.06. The zero-order chi connectivity index (χ0) is 11.8. The molecule has 0 bridgehead atoms. The normalized spacial score (nSPS) is 12.3. The molecule has 0 unspecified atom stereocenters. The van der Waals surface area contributed by atoms with E-state index in [0.717, 1.165) is 0 Å². The summed E-state index contributed by atoms with van der Waals surface area (Å²) in [7, 11) is 0. The largest absolute Gasteiger partial charge is 0.433 e. The van der Waals surface area contributed by atoms with E-state index >= 15 is 0 Å². The van der Waals surface area contributed by atoms with Crippen LogP contribution in [0.1, 0.15) is 17.8 Å². The van der Waals surface area contributed by atoms with E-state index in [-0.39, 0.29) is 8.04 Å². The van der Waals surface area contributed by atoms with Gasteiger partial charge in [0.1, 0.15) is 11.4 Å². The van der Waals surface area contributed by atoms with E-state index in [1.807, 2.05) is 0 Å². The van der Waals surface area contributed by atoms with E-state index in [1.54, 1.807) is 0 Å². The second-order valence-electron chi connectivity index (χ2n) is 2.49. The van der Waals surface area contributed by atoms with Crippen molar-refractivity contribution in [1.82, 2.24) is 4.98 Å². The maximum absolute atomic E-state index is 12.3. The van der Waals surface area contributed by atoms with E-state index in [4.69, 9.17) is 0 Å². The van der Waals surface area contributed by atoms with Crippen LogP contribution in [0.4, 0.5) is 22.0 Å². The number of alkyl halides is 5. The summed E-state index contributed by atoms with van der Waals surface area (Å²) in [6, 6.07) is 0.705. The molecule has 0 spiro atoms. The quantitative estimate of drug-likeness (QED) is 0.502. The summed E-state index contributed by atoms with van der Waals surface area (Å²) < 4.78 is 61.2. The molecule has 0 aliphatic heterocycles. The zero-order valence-corrected chi connectivity index (χ0v) is 10.5. The van der Waals surface area contributed by atoms with Crippen LogP contribution in [-0.4, -0.2) is 4.98 Å². The highest BCUT2D eigenvalue weighted by Crippen LogP contribution is 2.35. The van der Waals surface area contributed by atoms with E-state index in [9.17, 15) is 22.0 Å². The molecule has 0 N–H and O–H groups in total. The lowest BCUT2D eigenvalue weighted by molar-refractivity contribution is -0.141. The van der Waals surface area contributed by atoms with Gasteiger partial charge in [0.15, 0.2) is 0 Å². The van der Waals surface area contributed by atoms with Gasteiger partial charge in [-0.25, -0.2) is 13.8 Å². The first kappa shape index (κ1) is 13.1. The van der Waals surface area contributed by atoms with Crippen molar-refractivity contribution in [3.63, 3.8) is 0 Å². The van der Waals surface area contributed by atoms with Crippen molar-refractivity contribution in [3.05, 3.63) is 25.5 Å². The van der Waals surface area contributed by atoms with Gasteiger partial charge in [0.2, 0.25) is 0 Å². The Kier molecular flexibility index (Phi) is 3.90. The van der Waals surface area contributed by atoms with Gasteiger partial charge in [0, 0.05) is 3.57 Å². The molecule has 0 saturated heterocycles. The number of nitrogens with zero attached hydrogens (tertiary/aromatic N) is 1. The van der Waals surface area contributed by atoms with Gasteiger partial charge < -0.3 is 0 Å². The summed E-state index contributed by atoms with van der Waals surface area (Å²) in [6.45, 7) is 0. The van der Waals surface area contributed by atoms with Crippen molar-refractivity contribution in [2.45, 2.75) is 12.6 Å². The molecule has 0 aliphatic carbocycles. The van der Waals surface area contributed by atoms with Gasteiger partial charge in [-0.1, -0.05) is 0 Å². The molecular weight excluding hydrogens is 400 g/mol. The predicted molar refractivity (Wildman–Crippen MR) is 54.6 cm³/mol. The number of aromatic nitrogens is 1. The summed E-state index contributed by atoms with van der Waals surface area (Å²) >= 11 is 4.29. The van der Waals surface area contributed by atoms with Crippen molar-refractivity contribution in [2.75, 3.05) is 0 Å². The minimum atomic E-state index is -4.72. The Bertz CT molecular complexity index is 378. The molecule has 84 valence electrons. The Morgan fingerprint density at radius 3 is 2.27 bits per heavy atom. The third kappa shape index (κ3) is 2.99. The molecule has 0 aromatic carbocycles. The van der Waals surface area contributed by atoms with Gasteiger partial charge in [0.25, 0.3) is 6.43 Å². The number of rotatable bonds is 1. The summed E-state index contributed by atoms with van der Waals surface area (Å²) in [6.07, 6.45) is -7.76. The maximum Gasteiger partial charge on any atom is 0.433 e. The molecule has 0 aliphatic rings. The van der Waals surface area contributed by atoms with Gasteiger partial charge in [-0.3, -0.25) is 0 Å². The Balaban J connectivity index is 3.36. The smallest absolute Gasteiger partial charge is 0.241 e. The highest BCUT2D eigenvalue weighted by atomic mass is 127. The van der Waals surface area contributed by atoms with Crippen LogP contribution in [-0.2, 0) is 6.18 Å². The van der Waals surface area contributed by atoms with Gasteiger partial charge in [-0.2, -0.15) is 13.2 Å². The topological polar surface area (TPSA) is 12.9 Å². The van der Waals surface area contributed by atoms with Gasteiger partial charge in [0.05, 0.1) is 4.47 Å². The fraction of sp³-hybridized carbons (Fsp3) is 0.286. The molecule has 1 aromatic rings. The van der Waals surface area contributed by atoms with Crippen molar-refractivity contribution >= 4 is 38.5 Å². The van der Waals surface area contributed by atoms with E-state index < -0.39 is 24.0 Å². The molecule has 1 heterocycles.